The van der Waals surface area contributed by atoms with Gasteiger partial charge in [0, 0.05) is 17.3 Å². The van der Waals surface area contributed by atoms with E-state index in [0.717, 1.165) is 6.42 Å². The minimum absolute atomic E-state index is 0. The Morgan fingerprint density at radius 3 is 2.17 bits per heavy atom. The Labute approximate surface area is 220 Å². The molecule has 0 aromatic rings. The zero-order chi connectivity index (χ0) is 21.4. The molecule has 29 heavy (non-hydrogen) atoms. The van der Waals surface area contributed by atoms with Gasteiger partial charge in [-0.2, -0.15) is 11.8 Å². The van der Waals surface area contributed by atoms with Crippen molar-refractivity contribution in [2.24, 2.45) is 11.8 Å². The number of hydrogen-bond donors (Lipinski definition) is 0. The first-order valence-corrected chi connectivity index (χ1v) is 11.9. The van der Waals surface area contributed by atoms with Gasteiger partial charge < -0.3 is 23.5 Å². The Bertz CT molecular complexity index is 543. The van der Waals surface area contributed by atoms with Crippen molar-refractivity contribution in [2.45, 2.75) is 33.6 Å². The molecule has 166 valence electrons. The van der Waals surface area contributed by atoms with Crippen LogP contribution in [0, 0.1) is 11.8 Å². The fourth-order valence-electron chi connectivity index (χ4n) is 1.68. The van der Waals surface area contributed by atoms with Crippen LogP contribution in [0.3, 0.4) is 0 Å². The number of esters is 2. The Hall–Kier alpha value is 0.756. The van der Waals surface area contributed by atoms with Gasteiger partial charge in [-0.05, 0) is 12.8 Å². The maximum atomic E-state index is 11.7. The van der Waals surface area contributed by atoms with Gasteiger partial charge in [0.25, 0.3) is 0 Å². The van der Waals surface area contributed by atoms with Crippen LogP contribution >= 0.6 is 11.8 Å². The third kappa shape index (κ3) is 20.4. The van der Waals surface area contributed by atoms with E-state index in [2.05, 4.69) is 0 Å². The van der Waals surface area contributed by atoms with Crippen LogP contribution in [0.25, 0.3) is 0 Å². The summed E-state index contributed by atoms with van der Waals surface area (Å²) in [6.07, 6.45) is 0.741. The van der Waals surface area contributed by atoms with E-state index >= 15 is 0 Å². The quantitative estimate of drug-likeness (QED) is 0.0787. The van der Waals surface area contributed by atoms with Gasteiger partial charge in [0.05, 0.1) is 41.8 Å². The Balaban J connectivity index is 0. The minimum atomic E-state index is -4.27. The molecule has 0 fully saturated rings. The molecule has 0 aliphatic rings. The molecule has 12 heteroatoms. The predicted molar refractivity (Wildman–Crippen MR) is 104 cm³/mol. The molecule has 0 N–H and O–H groups in total. The van der Waals surface area contributed by atoms with Gasteiger partial charge in [-0.1, -0.05) is 20.8 Å². The number of thioether (sulfide) groups is 1. The first-order valence-electron chi connectivity index (χ1n) is 9.17. The van der Waals surface area contributed by atoms with E-state index in [9.17, 15) is 22.6 Å². The van der Waals surface area contributed by atoms with Crippen LogP contribution in [-0.2, 0) is 38.7 Å². The number of ether oxygens (including phenoxy) is 4. The van der Waals surface area contributed by atoms with E-state index in [1.165, 1.54) is 11.8 Å². The van der Waals surface area contributed by atoms with Crippen LogP contribution < -0.4 is 51.4 Å². The molecule has 9 nitrogen and oxygen atoms in total. The van der Waals surface area contributed by atoms with Gasteiger partial charge in [-0.3, -0.25) is 9.59 Å². The molecule has 0 amide bonds. The van der Waals surface area contributed by atoms with Crippen molar-refractivity contribution in [3.8, 4) is 0 Å². The summed E-state index contributed by atoms with van der Waals surface area (Å²) in [6.45, 7) is 6.37. The van der Waals surface area contributed by atoms with Gasteiger partial charge in [0.1, 0.15) is 13.4 Å². The van der Waals surface area contributed by atoms with Gasteiger partial charge in [0.2, 0.25) is 0 Å². The third-order valence-corrected chi connectivity index (χ3v) is 5.56. The predicted octanol–water partition coefficient (Wildman–Crippen LogP) is -1.58. The molecule has 0 saturated carbocycles. The molecule has 0 aliphatic heterocycles. The Morgan fingerprint density at radius 2 is 1.55 bits per heavy atom. The molecule has 0 saturated heterocycles. The van der Waals surface area contributed by atoms with E-state index in [4.69, 9.17) is 18.9 Å². The minimum Gasteiger partial charge on any atom is -0.748 e. The van der Waals surface area contributed by atoms with E-state index in [0.29, 0.717) is 18.1 Å². The Morgan fingerprint density at radius 1 is 0.966 bits per heavy atom. The van der Waals surface area contributed by atoms with Gasteiger partial charge in [-0.25, -0.2) is 8.42 Å². The average molecular weight is 483 g/mol. The largest absolute Gasteiger partial charge is 1.00 e. The fraction of sp³-hybridized carbons (Fsp3) is 0.882. The molecule has 0 spiro atoms. The standard InChI is InChI=1S/C17H32O9S2.K/c1-4-14(2)16(18)26-8-7-23-13-24-9-10-27-12-15(3)17(19)25-6-5-11-28(20,21)22;/h14-15H,4-13H2,1-3H3,(H,20,21,22);/q;+1/p-1. The smallest absolute Gasteiger partial charge is 0.748 e. The van der Waals surface area contributed by atoms with Crippen LogP contribution in [-0.4, -0.2) is 75.4 Å². The summed E-state index contributed by atoms with van der Waals surface area (Å²) in [7, 11) is -4.27. The molecule has 0 radical (unpaired) electrons. The topological polar surface area (TPSA) is 128 Å². The molecule has 0 bridgehead atoms. The van der Waals surface area contributed by atoms with E-state index in [1.54, 1.807) is 6.92 Å². The summed E-state index contributed by atoms with van der Waals surface area (Å²) in [5, 5.41) is 0. The maximum Gasteiger partial charge on any atom is 1.00 e. The summed E-state index contributed by atoms with van der Waals surface area (Å²) >= 11 is 1.51. The molecular weight excluding hydrogens is 451 g/mol. The second-order valence-electron chi connectivity index (χ2n) is 6.17. The van der Waals surface area contributed by atoms with Crippen molar-refractivity contribution in [1.82, 2.24) is 0 Å². The van der Waals surface area contributed by atoms with Crippen molar-refractivity contribution in [2.75, 3.05) is 50.5 Å². The monoisotopic (exact) mass is 482 g/mol. The van der Waals surface area contributed by atoms with Crippen molar-refractivity contribution in [1.29, 1.82) is 0 Å². The zero-order valence-corrected chi connectivity index (χ0v) is 22.5. The van der Waals surface area contributed by atoms with Gasteiger partial charge in [-0.15, -0.1) is 0 Å². The van der Waals surface area contributed by atoms with Crippen molar-refractivity contribution >= 4 is 33.8 Å². The van der Waals surface area contributed by atoms with Crippen LogP contribution in [0.1, 0.15) is 33.6 Å². The molecule has 0 aromatic carbocycles. The summed E-state index contributed by atoms with van der Waals surface area (Å²) in [5.74, 6) is -0.443. The molecule has 0 heterocycles. The van der Waals surface area contributed by atoms with Crippen LogP contribution in [0.4, 0.5) is 0 Å². The van der Waals surface area contributed by atoms with E-state index in [-0.39, 0.29) is 102 Å². The van der Waals surface area contributed by atoms with Crippen molar-refractivity contribution in [3.63, 3.8) is 0 Å². The first-order chi connectivity index (χ1) is 13.2. The van der Waals surface area contributed by atoms with Crippen LogP contribution in [0.15, 0.2) is 0 Å². The number of rotatable bonds is 17. The van der Waals surface area contributed by atoms with E-state index in [1.807, 2.05) is 13.8 Å². The zero-order valence-electron chi connectivity index (χ0n) is 17.7. The van der Waals surface area contributed by atoms with E-state index < -0.39 is 21.8 Å². The molecule has 0 aromatic heterocycles. The SMILES string of the molecule is CCC(C)C(=O)OCCOCOCCSCC(C)C(=O)OCCCS(=O)(=O)[O-].[K+]. The molecular formula is C17H31KO9S2. The second kappa shape index (κ2) is 19.4. The summed E-state index contributed by atoms with van der Waals surface area (Å²) in [6, 6.07) is 0. The first kappa shape index (κ1) is 31.9. The normalized spacial score (nSPS) is 13.2. The van der Waals surface area contributed by atoms with Crippen LogP contribution in [0.2, 0.25) is 0 Å². The number of carbonyl (C=O) groups is 2. The maximum absolute atomic E-state index is 11.7. The molecule has 2 atom stereocenters. The summed E-state index contributed by atoms with van der Waals surface area (Å²) in [5.41, 5.74) is 0. The number of carbonyl (C=O) groups excluding carboxylic acids is 2. The van der Waals surface area contributed by atoms with Gasteiger partial charge in [0.15, 0.2) is 0 Å². The summed E-state index contributed by atoms with van der Waals surface area (Å²) < 4.78 is 51.7. The molecule has 0 rings (SSSR count). The fourth-order valence-corrected chi connectivity index (χ4v) is 3.05. The third-order valence-electron chi connectivity index (χ3n) is 3.58. The van der Waals surface area contributed by atoms with Crippen molar-refractivity contribution in [3.05, 3.63) is 0 Å². The average Bonchev–Trinajstić information content (AvgIpc) is 2.64. The van der Waals surface area contributed by atoms with Gasteiger partial charge >= 0.3 is 63.3 Å². The molecule has 2 unspecified atom stereocenters. The number of hydrogen-bond acceptors (Lipinski definition) is 10. The summed E-state index contributed by atoms with van der Waals surface area (Å²) in [4.78, 5) is 23.1. The Kier molecular flexibility index (Phi) is 21.4. The second-order valence-corrected chi connectivity index (χ2v) is 8.84. The van der Waals surface area contributed by atoms with Crippen LogP contribution in [0.5, 0.6) is 0 Å². The molecule has 0 aliphatic carbocycles. The van der Waals surface area contributed by atoms with Crippen molar-refractivity contribution < 1.29 is 92.9 Å².